The van der Waals surface area contributed by atoms with Crippen molar-refractivity contribution in [1.29, 1.82) is 0 Å². The summed E-state index contributed by atoms with van der Waals surface area (Å²) in [5.41, 5.74) is 1.08. The molecule has 0 bridgehead atoms. The first-order chi connectivity index (χ1) is 18.0. The van der Waals surface area contributed by atoms with Crippen molar-refractivity contribution in [2.45, 2.75) is 32.7 Å². The van der Waals surface area contributed by atoms with Crippen molar-refractivity contribution in [3.05, 3.63) is 53.1 Å². The van der Waals surface area contributed by atoms with E-state index in [1.165, 1.54) is 0 Å². The van der Waals surface area contributed by atoms with E-state index in [0.717, 1.165) is 25.9 Å². The van der Waals surface area contributed by atoms with Gasteiger partial charge in [0.25, 0.3) is 11.7 Å². The summed E-state index contributed by atoms with van der Waals surface area (Å²) in [6.07, 6.45) is 2.26. The number of ether oxygens (including phenoxy) is 4. The van der Waals surface area contributed by atoms with Gasteiger partial charge in [0.15, 0.2) is 23.0 Å². The van der Waals surface area contributed by atoms with Crippen LogP contribution >= 0.6 is 0 Å². The first-order valence-corrected chi connectivity index (χ1v) is 12.8. The van der Waals surface area contributed by atoms with Gasteiger partial charge in [-0.3, -0.25) is 9.59 Å². The predicted octanol–water partition coefficient (Wildman–Crippen LogP) is 3.73. The molecule has 5 rings (SSSR count). The molecule has 9 heteroatoms. The van der Waals surface area contributed by atoms with E-state index < -0.39 is 17.7 Å². The Bertz CT molecular complexity index is 1220. The zero-order valence-corrected chi connectivity index (χ0v) is 21.2. The molecule has 2 fully saturated rings. The average molecular weight is 509 g/mol. The van der Waals surface area contributed by atoms with Gasteiger partial charge in [-0.2, -0.15) is 0 Å². The number of likely N-dealkylation sites (tertiary alicyclic amines) is 2. The van der Waals surface area contributed by atoms with Gasteiger partial charge in [-0.15, -0.1) is 0 Å². The maximum absolute atomic E-state index is 13.4. The molecular formula is C28H32N2O7. The van der Waals surface area contributed by atoms with Crippen LogP contribution in [0.3, 0.4) is 0 Å². The number of ketones is 1. The third-order valence-corrected chi connectivity index (χ3v) is 6.92. The first-order valence-electron chi connectivity index (χ1n) is 12.8. The lowest BCUT2D eigenvalue weighted by atomic mass is 9.95. The van der Waals surface area contributed by atoms with Crippen molar-refractivity contribution in [2.24, 2.45) is 0 Å². The second kappa shape index (κ2) is 10.7. The number of rotatable bonds is 9. The van der Waals surface area contributed by atoms with E-state index in [9.17, 15) is 14.7 Å². The minimum atomic E-state index is -0.775. The summed E-state index contributed by atoms with van der Waals surface area (Å²) in [6, 6.07) is 9.58. The topological polar surface area (TPSA) is 97.8 Å². The molecule has 0 radical (unpaired) electrons. The fourth-order valence-electron chi connectivity index (χ4n) is 5.15. The van der Waals surface area contributed by atoms with Gasteiger partial charge in [0.05, 0.1) is 24.8 Å². The number of aliphatic hydroxyl groups is 1. The van der Waals surface area contributed by atoms with E-state index in [0.29, 0.717) is 60.4 Å². The van der Waals surface area contributed by atoms with Crippen molar-refractivity contribution in [2.75, 3.05) is 46.2 Å². The monoisotopic (exact) mass is 508 g/mol. The van der Waals surface area contributed by atoms with E-state index in [1.54, 1.807) is 35.2 Å². The van der Waals surface area contributed by atoms with Crippen molar-refractivity contribution in [1.82, 2.24) is 9.80 Å². The first kappa shape index (κ1) is 25.0. The Kier molecular flexibility index (Phi) is 7.23. The summed E-state index contributed by atoms with van der Waals surface area (Å²) in [5, 5.41) is 11.4. The molecule has 3 aliphatic rings. The van der Waals surface area contributed by atoms with E-state index in [4.69, 9.17) is 18.9 Å². The minimum absolute atomic E-state index is 0.0388. The molecule has 0 saturated carbocycles. The zero-order valence-electron chi connectivity index (χ0n) is 21.2. The molecule has 37 heavy (non-hydrogen) atoms. The minimum Gasteiger partial charge on any atom is -0.507 e. The molecule has 2 aromatic carbocycles. The Labute approximate surface area is 216 Å². The lowest BCUT2D eigenvalue weighted by molar-refractivity contribution is -0.140. The van der Waals surface area contributed by atoms with Gasteiger partial charge in [0.2, 0.25) is 6.79 Å². The molecule has 1 atom stereocenters. The molecular weight excluding hydrogens is 476 g/mol. The van der Waals surface area contributed by atoms with Crippen LogP contribution in [0, 0.1) is 0 Å². The number of carbonyl (C=O) groups is 2. The normalized spacial score (nSPS) is 20.6. The van der Waals surface area contributed by atoms with E-state index in [-0.39, 0.29) is 18.1 Å². The number of hydrogen-bond acceptors (Lipinski definition) is 8. The lowest BCUT2D eigenvalue weighted by Gasteiger charge is -2.28. The summed E-state index contributed by atoms with van der Waals surface area (Å²) >= 11 is 0. The van der Waals surface area contributed by atoms with Crippen LogP contribution in [-0.2, 0) is 9.59 Å². The molecule has 196 valence electrons. The van der Waals surface area contributed by atoms with Crippen molar-refractivity contribution < 1.29 is 33.6 Å². The fraction of sp³-hybridized carbons (Fsp3) is 0.429. The summed E-state index contributed by atoms with van der Waals surface area (Å²) in [4.78, 5) is 30.6. The van der Waals surface area contributed by atoms with Crippen LogP contribution < -0.4 is 18.9 Å². The van der Waals surface area contributed by atoms with Gasteiger partial charge in [0, 0.05) is 18.7 Å². The van der Waals surface area contributed by atoms with Gasteiger partial charge < -0.3 is 33.9 Å². The molecule has 1 unspecified atom stereocenters. The molecule has 2 saturated heterocycles. The number of nitrogens with zero attached hydrogens (tertiary/aromatic N) is 2. The van der Waals surface area contributed by atoms with Crippen LogP contribution in [-0.4, -0.2) is 72.8 Å². The predicted molar refractivity (Wildman–Crippen MR) is 136 cm³/mol. The third-order valence-electron chi connectivity index (χ3n) is 6.92. The maximum Gasteiger partial charge on any atom is 0.295 e. The van der Waals surface area contributed by atoms with Crippen molar-refractivity contribution in [3.63, 3.8) is 0 Å². The molecule has 1 amide bonds. The van der Waals surface area contributed by atoms with Gasteiger partial charge in [-0.1, -0.05) is 6.07 Å². The maximum atomic E-state index is 13.4. The van der Waals surface area contributed by atoms with E-state index >= 15 is 0 Å². The number of hydrogen-bond donors (Lipinski definition) is 1. The van der Waals surface area contributed by atoms with Gasteiger partial charge in [-0.25, -0.2) is 0 Å². The molecule has 0 aliphatic carbocycles. The highest BCUT2D eigenvalue weighted by Gasteiger charge is 2.46. The van der Waals surface area contributed by atoms with Crippen LogP contribution in [0.1, 0.15) is 43.9 Å². The number of amides is 1. The number of benzene rings is 2. The molecule has 3 aliphatic heterocycles. The average Bonchev–Trinajstić information content (AvgIpc) is 3.64. The fourth-order valence-corrected chi connectivity index (χ4v) is 5.15. The Morgan fingerprint density at radius 2 is 1.68 bits per heavy atom. The molecule has 0 spiro atoms. The van der Waals surface area contributed by atoms with Crippen LogP contribution in [0.5, 0.6) is 23.0 Å². The van der Waals surface area contributed by atoms with Gasteiger partial charge in [-0.05, 0) is 75.7 Å². The number of carbonyl (C=O) groups excluding carboxylic acids is 2. The Morgan fingerprint density at radius 1 is 0.946 bits per heavy atom. The summed E-state index contributed by atoms with van der Waals surface area (Å²) in [7, 11) is 0. The molecule has 1 N–H and O–H groups in total. The van der Waals surface area contributed by atoms with Crippen LogP contribution in [0.2, 0.25) is 0 Å². The van der Waals surface area contributed by atoms with Gasteiger partial charge in [0.1, 0.15) is 5.76 Å². The molecule has 9 nitrogen and oxygen atoms in total. The number of fused-ring (bicyclic) bond motifs is 1. The summed E-state index contributed by atoms with van der Waals surface area (Å²) in [5.74, 6) is 0.549. The second-order valence-electron chi connectivity index (χ2n) is 9.18. The Balaban J connectivity index is 1.58. The molecule has 2 aromatic rings. The number of aliphatic hydroxyl groups excluding tert-OH is 1. The van der Waals surface area contributed by atoms with Crippen LogP contribution in [0.15, 0.2) is 42.0 Å². The standard InChI is InChI=1S/C28H32N2O7/c1-3-34-20-9-7-18(15-22(20)35-4-2)25-24(26(31)19-8-10-21-23(16-19)37-17-36-21)27(32)28(33)30(25)14-13-29-11-5-6-12-29/h7-10,15-16,25,31H,3-6,11-14,17H2,1-2H3/b26-24+. The highest BCUT2D eigenvalue weighted by Crippen LogP contribution is 2.43. The van der Waals surface area contributed by atoms with Crippen molar-refractivity contribution in [3.8, 4) is 23.0 Å². The van der Waals surface area contributed by atoms with Crippen molar-refractivity contribution >= 4 is 17.4 Å². The van der Waals surface area contributed by atoms with E-state index in [2.05, 4.69) is 4.90 Å². The van der Waals surface area contributed by atoms with Crippen LogP contribution in [0.25, 0.3) is 5.76 Å². The second-order valence-corrected chi connectivity index (χ2v) is 9.18. The summed E-state index contributed by atoms with van der Waals surface area (Å²) < 4.78 is 22.4. The Morgan fingerprint density at radius 3 is 2.43 bits per heavy atom. The lowest BCUT2D eigenvalue weighted by Crippen LogP contribution is -2.37. The quantitative estimate of drug-likeness (QED) is 0.311. The SMILES string of the molecule is CCOc1ccc(C2/C(=C(\O)c3ccc4c(c3)OCO4)C(=O)C(=O)N2CCN2CCCC2)cc1OCC. The third kappa shape index (κ3) is 4.83. The number of Topliss-reactive ketones (excluding diaryl/α,β-unsaturated/α-hetero) is 1. The molecule has 3 heterocycles. The van der Waals surface area contributed by atoms with Gasteiger partial charge >= 0.3 is 0 Å². The largest absolute Gasteiger partial charge is 0.507 e. The Hall–Kier alpha value is -3.72. The zero-order chi connectivity index (χ0) is 25.9. The highest BCUT2D eigenvalue weighted by atomic mass is 16.7. The van der Waals surface area contributed by atoms with E-state index in [1.807, 2.05) is 19.9 Å². The summed E-state index contributed by atoms with van der Waals surface area (Å²) in [6.45, 7) is 7.73. The molecule has 0 aromatic heterocycles. The smallest absolute Gasteiger partial charge is 0.295 e. The highest BCUT2D eigenvalue weighted by molar-refractivity contribution is 6.46. The van der Waals surface area contributed by atoms with Crippen LogP contribution in [0.4, 0.5) is 0 Å².